The molecule has 2 aromatic rings. The van der Waals surface area contributed by atoms with Gasteiger partial charge in [-0.3, -0.25) is 0 Å². The number of aromatic nitrogens is 1. The third-order valence-corrected chi connectivity index (χ3v) is 3.49. The first-order valence-electron chi connectivity index (χ1n) is 5.24. The van der Waals surface area contributed by atoms with Crippen LogP contribution in [0.5, 0.6) is 0 Å². The molecule has 94 valence electrons. The van der Waals surface area contributed by atoms with Crippen LogP contribution in [0.1, 0.15) is 5.69 Å². The molecule has 0 aliphatic heterocycles. The fourth-order valence-corrected chi connectivity index (χ4v) is 2.29. The van der Waals surface area contributed by atoms with E-state index in [1.807, 2.05) is 6.92 Å². The fourth-order valence-electron chi connectivity index (χ4n) is 1.73. The smallest absolute Gasteiger partial charge is 0.238 e. The van der Waals surface area contributed by atoms with E-state index in [0.717, 1.165) is 16.8 Å². The number of anilines is 1. The number of aryl methyl sites for hydroxylation is 1. The molecule has 0 aliphatic carbocycles. The van der Waals surface area contributed by atoms with E-state index >= 15 is 0 Å². The van der Waals surface area contributed by atoms with Gasteiger partial charge in [0.25, 0.3) is 0 Å². The minimum absolute atomic E-state index is 0.0798. The highest BCUT2D eigenvalue weighted by atomic mass is 32.2. The summed E-state index contributed by atoms with van der Waals surface area (Å²) in [6.45, 7) is 1.81. The summed E-state index contributed by atoms with van der Waals surface area (Å²) in [5.41, 5.74) is 7.89. The minimum atomic E-state index is -3.70. The SMILES string of the molecule is Cc1nc(N)ccc1-c1cccc(S(N)(=O)=O)c1. The van der Waals surface area contributed by atoms with Crippen LogP contribution < -0.4 is 10.9 Å². The zero-order valence-electron chi connectivity index (χ0n) is 9.79. The van der Waals surface area contributed by atoms with Crippen LogP contribution in [-0.2, 0) is 10.0 Å². The van der Waals surface area contributed by atoms with Gasteiger partial charge in [-0.2, -0.15) is 0 Å². The van der Waals surface area contributed by atoms with Crippen LogP contribution in [0.15, 0.2) is 41.3 Å². The first kappa shape index (κ1) is 12.5. The van der Waals surface area contributed by atoms with E-state index in [-0.39, 0.29) is 4.90 Å². The number of primary sulfonamides is 1. The van der Waals surface area contributed by atoms with Crippen LogP contribution in [0.3, 0.4) is 0 Å². The maximum atomic E-state index is 11.3. The number of nitrogens with two attached hydrogens (primary N) is 2. The van der Waals surface area contributed by atoms with Crippen LogP contribution >= 0.6 is 0 Å². The van der Waals surface area contributed by atoms with Crippen molar-refractivity contribution in [3.8, 4) is 11.1 Å². The maximum absolute atomic E-state index is 11.3. The average molecular weight is 263 g/mol. The number of rotatable bonds is 2. The topological polar surface area (TPSA) is 99.1 Å². The lowest BCUT2D eigenvalue weighted by molar-refractivity contribution is 0.598. The Morgan fingerprint density at radius 3 is 2.50 bits per heavy atom. The van der Waals surface area contributed by atoms with E-state index < -0.39 is 10.0 Å². The quantitative estimate of drug-likeness (QED) is 0.852. The maximum Gasteiger partial charge on any atom is 0.238 e. The molecule has 1 aromatic heterocycles. The summed E-state index contributed by atoms with van der Waals surface area (Å²) < 4.78 is 22.6. The van der Waals surface area contributed by atoms with Crippen molar-refractivity contribution in [2.75, 3.05) is 5.73 Å². The van der Waals surface area contributed by atoms with Crippen molar-refractivity contribution in [3.63, 3.8) is 0 Å². The Bertz CT molecular complexity index is 696. The molecule has 0 radical (unpaired) electrons. The molecule has 0 saturated heterocycles. The molecule has 18 heavy (non-hydrogen) atoms. The number of pyridine rings is 1. The fraction of sp³-hybridized carbons (Fsp3) is 0.0833. The number of hydrogen-bond donors (Lipinski definition) is 2. The van der Waals surface area contributed by atoms with Gasteiger partial charge in [-0.25, -0.2) is 18.5 Å². The number of nitrogen functional groups attached to an aromatic ring is 1. The van der Waals surface area contributed by atoms with Crippen molar-refractivity contribution in [1.82, 2.24) is 4.98 Å². The molecule has 0 amide bonds. The highest BCUT2D eigenvalue weighted by Gasteiger charge is 2.10. The number of nitrogens with zero attached hydrogens (tertiary/aromatic N) is 1. The van der Waals surface area contributed by atoms with Gasteiger partial charge in [0, 0.05) is 11.3 Å². The van der Waals surface area contributed by atoms with Crippen LogP contribution in [-0.4, -0.2) is 13.4 Å². The van der Waals surface area contributed by atoms with Crippen molar-refractivity contribution < 1.29 is 8.42 Å². The van der Waals surface area contributed by atoms with Gasteiger partial charge in [-0.05, 0) is 36.8 Å². The molecule has 0 saturated carbocycles. The molecule has 0 atom stereocenters. The molecule has 0 aliphatic rings. The second kappa shape index (κ2) is 4.40. The average Bonchev–Trinajstić information content (AvgIpc) is 2.28. The van der Waals surface area contributed by atoms with Crippen molar-refractivity contribution in [2.24, 2.45) is 5.14 Å². The first-order chi connectivity index (χ1) is 8.38. The van der Waals surface area contributed by atoms with Crippen LogP contribution in [0.2, 0.25) is 0 Å². The van der Waals surface area contributed by atoms with E-state index in [0.29, 0.717) is 5.82 Å². The lowest BCUT2D eigenvalue weighted by Crippen LogP contribution is -2.12. The van der Waals surface area contributed by atoms with Crippen LogP contribution in [0.25, 0.3) is 11.1 Å². The third kappa shape index (κ3) is 2.49. The second-order valence-corrected chi connectivity index (χ2v) is 5.50. The molecule has 0 unspecified atom stereocenters. The molecular weight excluding hydrogens is 250 g/mol. The molecule has 0 bridgehead atoms. The Morgan fingerprint density at radius 1 is 1.17 bits per heavy atom. The standard InChI is InChI=1S/C12H13N3O2S/c1-8-11(5-6-12(13)15-8)9-3-2-4-10(7-9)18(14,16)17/h2-7H,1H3,(H2,13,15)(H2,14,16,17). The molecule has 1 heterocycles. The Morgan fingerprint density at radius 2 is 1.89 bits per heavy atom. The molecule has 2 rings (SSSR count). The first-order valence-corrected chi connectivity index (χ1v) is 6.79. The zero-order valence-corrected chi connectivity index (χ0v) is 10.6. The summed E-state index contributed by atoms with van der Waals surface area (Å²) in [5, 5.41) is 5.10. The molecule has 6 heteroatoms. The summed E-state index contributed by atoms with van der Waals surface area (Å²) in [6.07, 6.45) is 0. The normalized spacial score (nSPS) is 11.4. The Labute approximate surface area is 106 Å². The molecular formula is C12H13N3O2S. The molecule has 0 spiro atoms. The predicted octanol–water partition coefficient (Wildman–Crippen LogP) is 1.29. The summed E-state index contributed by atoms with van der Waals surface area (Å²) in [7, 11) is -3.70. The van der Waals surface area contributed by atoms with Crippen molar-refractivity contribution in [3.05, 3.63) is 42.1 Å². The highest BCUT2D eigenvalue weighted by molar-refractivity contribution is 7.89. The number of sulfonamides is 1. The van der Waals surface area contributed by atoms with Gasteiger partial charge in [0.1, 0.15) is 5.82 Å². The molecule has 4 N–H and O–H groups in total. The third-order valence-electron chi connectivity index (χ3n) is 2.58. The summed E-state index contributed by atoms with van der Waals surface area (Å²) >= 11 is 0. The summed E-state index contributed by atoms with van der Waals surface area (Å²) in [6, 6.07) is 9.90. The van der Waals surface area contributed by atoms with Gasteiger partial charge in [0.2, 0.25) is 10.0 Å². The lowest BCUT2D eigenvalue weighted by Gasteiger charge is -2.07. The van der Waals surface area contributed by atoms with Gasteiger partial charge >= 0.3 is 0 Å². The monoisotopic (exact) mass is 263 g/mol. The Hall–Kier alpha value is -1.92. The highest BCUT2D eigenvalue weighted by Crippen LogP contribution is 2.24. The largest absolute Gasteiger partial charge is 0.384 e. The molecule has 0 fully saturated rings. The predicted molar refractivity (Wildman–Crippen MR) is 70.2 cm³/mol. The molecule has 5 nitrogen and oxygen atoms in total. The Balaban J connectivity index is 2.58. The van der Waals surface area contributed by atoms with Gasteiger partial charge in [-0.1, -0.05) is 12.1 Å². The lowest BCUT2D eigenvalue weighted by atomic mass is 10.0. The number of benzene rings is 1. The van der Waals surface area contributed by atoms with E-state index in [1.54, 1.807) is 24.3 Å². The van der Waals surface area contributed by atoms with Crippen LogP contribution in [0, 0.1) is 6.92 Å². The van der Waals surface area contributed by atoms with Crippen LogP contribution in [0.4, 0.5) is 5.82 Å². The zero-order chi connectivity index (χ0) is 13.3. The van der Waals surface area contributed by atoms with E-state index in [2.05, 4.69) is 4.98 Å². The van der Waals surface area contributed by atoms with Gasteiger partial charge in [0.15, 0.2) is 0 Å². The van der Waals surface area contributed by atoms with E-state index in [9.17, 15) is 8.42 Å². The summed E-state index contributed by atoms with van der Waals surface area (Å²) in [5.74, 6) is 0.429. The number of hydrogen-bond acceptors (Lipinski definition) is 4. The van der Waals surface area contributed by atoms with E-state index in [1.165, 1.54) is 12.1 Å². The van der Waals surface area contributed by atoms with Crippen molar-refractivity contribution >= 4 is 15.8 Å². The van der Waals surface area contributed by atoms with Gasteiger partial charge in [-0.15, -0.1) is 0 Å². The molecule has 1 aromatic carbocycles. The van der Waals surface area contributed by atoms with Crippen molar-refractivity contribution in [1.29, 1.82) is 0 Å². The Kier molecular flexibility index (Phi) is 3.06. The van der Waals surface area contributed by atoms with E-state index in [4.69, 9.17) is 10.9 Å². The summed E-state index contributed by atoms with van der Waals surface area (Å²) in [4.78, 5) is 4.22. The second-order valence-electron chi connectivity index (χ2n) is 3.94. The van der Waals surface area contributed by atoms with Gasteiger partial charge < -0.3 is 5.73 Å². The van der Waals surface area contributed by atoms with Crippen molar-refractivity contribution in [2.45, 2.75) is 11.8 Å². The van der Waals surface area contributed by atoms with Gasteiger partial charge in [0.05, 0.1) is 4.90 Å². The minimum Gasteiger partial charge on any atom is -0.384 e.